The van der Waals surface area contributed by atoms with Gasteiger partial charge in [0.2, 0.25) is 5.91 Å². The van der Waals surface area contributed by atoms with E-state index in [0.717, 1.165) is 18.6 Å². The monoisotopic (exact) mass is 200 g/mol. The molecule has 1 saturated heterocycles. The van der Waals surface area contributed by atoms with E-state index >= 15 is 0 Å². The molecule has 74 valence electrons. The summed E-state index contributed by atoms with van der Waals surface area (Å²) in [5.41, 5.74) is 5.02. The van der Waals surface area contributed by atoms with E-state index in [1.54, 1.807) is 0 Å². The number of primary amides is 1. The number of amides is 1. The van der Waals surface area contributed by atoms with Gasteiger partial charge in [-0.05, 0) is 31.4 Å². The Morgan fingerprint density at radius 1 is 1.54 bits per heavy atom. The van der Waals surface area contributed by atoms with Gasteiger partial charge in [-0.2, -0.15) is 11.8 Å². The van der Waals surface area contributed by atoms with Crippen LogP contribution in [0.15, 0.2) is 0 Å². The zero-order valence-electron chi connectivity index (χ0n) is 7.71. The van der Waals surface area contributed by atoms with Crippen LogP contribution < -0.4 is 11.1 Å². The number of nitrogens with one attached hydrogen (secondary N) is 1. The maximum Gasteiger partial charge on any atom is 0.237 e. The van der Waals surface area contributed by atoms with E-state index < -0.39 is 0 Å². The molecule has 13 heavy (non-hydrogen) atoms. The maximum atomic E-state index is 11.1. The minimum Gasteiger partial charge on any atom is -0.368 e. The molecule has 0 radical (unpaired) electrons. The van der Waals surface area contributed by atoms with Crippen LogP contribution in [0, 0.1) is 0 Å². The average Bonchev–Trinajstić information content (AvgIpc) is 2.87. The van der Waals surface area contributed by atoms with Gasteiger partial charge in [0.05, 0.1) is 5.54 Å². The second kappa shape index (κ2) is 3.50. The third-order valence-electron chi connectivity index (χ3n) is 2.86. The van der Waals surface area contributed by atoms with Crippen molar-refractivity contribution in [2.45, 2.75) is 37.3 Å². The molecule has 1 aliphatic heterocycles. The Labute approximate surface area is 82.8 Å². The van der Waals surface area contributed by atoms with Gasteiger partial charge in [-0.3, -0.25) is 10.1 Å². The molecule has 4 heteroatoms. The number of carbonyl (C=O) groups excluding carboxylic acids is 1. The predicted octanol–water partition coefficient (Wildman–Crippen LogP) is 0.489. The van der Waals surface area contributed by atoms with Gasteiger partial charge in [0, 0.05) is 11.8 Å². The summed E-state index contributed by atoms with van der Waals surface area (Å²) in [6.07, 6.45) is 4.33. The first-order valence-corrected chi connectivity index (χ1v) is 6.04. The van der Waals surface area contributed by atoms with E-state index in [1.165, 1.54) is 18.6 Å². The highest BCUT2D eigenvalue weighted by atomic mass is 32.2. The van der Waals surface area contributed by atoms with Gasteiger partial charge in [-0.25, -0.2) is 0 Å². The molecule has 1 heterocycles. The minimum atomic E-state index is -0.317. The molecule has 1 saturated carbocycles. The van der Waals surface area contributed by atoms with Crippen molar-refractivity contribution in [3.8, 4) is 0 Å². The lowest BCUT2D eigenvalue weighted by molar-refractivity contribution is -0.121. The molecule has 0 aromatic carbocycles. The van der Waals surface area contributed by atoms with Crippen LogP contribution >= 0.6 is 11.8 Å². The predicted molar refractivity (Wildman–Crippen MR) is 54.6 cm³/mol. The molecular formula is C9H16N2OS. The summed E-state index contributed by atoms with van der Waals surface area (Å²) in [7, 11) is 0. The normalized spacial score (nSPS) is 31.2. The van der Waals surface area contributed by atoms with Crippen molar-refractivity contribution in [1.82, 2.24) is 5.32 Å². The minimum absolute atomic E-state index is 0.164. The van der Waals surface area contributed by atoms with Gasteiger partial charge in [-0.1, -0.05) is 0 Å². The highest BCUT2D eigenvalue weighted by Gasteiger charge is 2.49. The first-order chi connectivity index (χ1) is 6.23. The average molecular weight is 200 g/mol. The third kappa shape index (κ3) is 1.99. The molecule has 0 spiro atoms. The van der Waals surface area contributed by atoms with E-state index in [9.17, 15) is 4.79 Å². The fraction of sp³-hybridized carbons (Fsp3) is 0.889. The van der Waals surface area contributed by atoms with Crippen LogP contribution in [0.2, 0.25) is 0 Å². The van der Waals surface area contributed by atoms with Gasteiger partial charge < -0.3 is 5.73 Å². The van der Waals surface area contributed by atoms with Crippen molar-refractivity contribution in [3.05, 3.63) is 0 Å². The van der Waals surface area contributed by atoms with Gasteiger partial charge in [0.25, 0.3) is 0 Å². The van der Waals surface area contributed by atoms with Crippen molar-refractivity contribution in [3.63, 3.8) is 0 Å². The molecule has 1 amide bonds. The molecule has 2 rings (SSSR count). The van der Waals surface area contributed by atoms with Crippen LogP contribution in [0.1, 0.15) is 25.7 Å². The largest absolute Gasteiger partial charge is 0.368 e. The first-order valence-electron chi connectivity index (χ1n) is 4.88. The van der Waals surface area contributed by atoms with E-state index in [2.05, 4.69) is 5.32 Å². The molecule has 0 aromatic rings. The van der Waals surface area contributed by atoms with Gasteiger partial charge in [0.1, 0.15) is 0 Å². The summed E-state index contributed by atoms with van der Waals surface area (Å²) in [5.74, 6) is 2.24. The molecule has 2 fully saturated rings. The van der Waals surface area contributed by atoms with Crippen molar-refractivity contribution < 1.29 is 4.79 Å². The van der Waals surface area contributed by atoms with Gasteiger partial charge in [-0.15, -0.1) is 0 Å². The van der Waals surface area contributed by atoms with Crippen LogP contribution in [0.4, 0.5) is 0 Å². The lowest BCUT2D eigenvalue weighted by Crippen LogP contribution is -2.50. The fourth-order valence-electron chi connectivity index (χ4n) is 1.83. The second-order valence-corrected chi connectivity index (χ2v) is 5.15. The fourth-order valence-corrected chi connectivity index (χ4v) is 2.90. The molecule has 3 N–H and O–H groups in total. The number of hydrogen-bond acceptors (Lipinski definition) is 3. The topological polar surface area (TPSA) is 55.1 Å². The Balaban J connectivity index is 1.86. The SMILES string of the molecule is NC(=O)C1(NC2CCCSC2)CC1. The zero-order valence-corrected chi connectivity index (χ0v) is 8.53. The van der Waals surface area contributed by atoms with E-state index in [0.29, 0.717) is 6.04 Å². The first kappa shape index (κ1) is 9.34. The van der Waals surface area contributed by atoms with Crippen molar-refractivity contribution in [2.75, 3.05) is 11.5 Å². The number of hydrogen-bond donors (Lipinski definition) is 2. The Hall–Kier alpha value is -0.220. The smallest absolute Gasteiger partial charge is 0.237 e. The highest BCUT2D eigenvalue weighted by Crippen LogP contribution is 2.36. The Morgan fingerprint density at radius 2 is 2.31 bits per heavy atom. The van der Waals surface area contributed by atoms with E-state index in [4.69, 9.17) is 5.73 Å². The summed E-state index contributed by atoms with van der Waals surface area (Å²) in [5, 5.41) is 3.41. The van der Waals surface area contributed by atoms with Crippen LogP contribution in [-0.4, -0.2) is 29.0 Å². The molecule has 2 aliphatic rings. The lowest BCUT2D eigenvalue weighted by Gasteiger charge is -2.26. The molecule has 0 aromatic heterocycles. The van der Waals surface area contributed by atoms with E-state index in [-0.39, 0.29) is 11.4 Å². The summed E-state index contributed by atoms with van der Waals surface area (Å²) in [6, 6.07) is 0.508. The van der Waals surface area contributed by atoms with Gasteiger partial charge in [0.15, 0.2) is 0 Å². The van der Waals surface area contributed by atoms with Crippen LogP contribution in [0.3, 0.4) is 0 Å². The Kier molecular flexibility index (Phi) is 2.51. The number of carbonyl (C=O) groups is 1. The maximum absolute atomic E-state index is 11.1. The zero-order chi connectivity index (χ0) is 9.31. The highest BCUT2D eigenvalue weighted by molar-refractivity contribution is 7.99. The number of nitrogens with two attached hydrogens (primary N) is 1. The Bertz CT molecular complexity index is 210. The quantitative estimate of drug-likeness (QED) is 0.697. The summed E-state index contributed by atoms with van der Waals surface area (Å²) in [6.45, 7) is 0. The van der Waals surface area contributed by atoms with Crippen LogP contribution in [-0.2, 0) is 4.79 Å². The Morgan fingerprint density at radius 3 is 2.77 bits per heavy atom. The molecule has 1 atom stereocenters. The molecule has 1 unspecified atom stereocenters. The van der Waals surface area contributed by atoms with Crippen molar-refractivity contribution in [2.24, 2.45) is 5.73 Å². The van der Waals surface area contributed by atoms with Crippen molar-refractivity contribution in [1.29, 1.82) is 0 Å². The third-order valence-corrected chi connectivity index (χ3v) is 4.08. The summed E-state index contributed by atoms with van der Waals surface area (Å²) < 4.78 is 0. The molecule has 3 nitrogen and oxygen atoms in total. The summed E-state index contributed by atoms with van der Waals surface area (Å²) >= 11 is 1.97. The van der Waals surface area contributed by atoms with E-state index in [1.807, 2.05) is 11.8 Å². The second-order valence-electron chi connectivity index (χ2n) is 4.00. The molecule has 0 bridgehead atoms. The van der Waals surface area contributed by atoms with Gasteiger partial charge >= 0.3 is 0 Å². The molecular weight excluding hydrogens is 184 g/mol. The van der Waals surface area contributed by atoms with Crippen LogP contribution in [0.5, 0.6) is 0 Å². The molecule has 1 aliphatic carbocycles. The lowest BCUT2D eigenvalue weighted by atomic mass is 10.1. The number of thioether (sulfide) groups is 1. The standard InChI is InChI=1S/C9H16N2OS/c10-8(12)9(3-4-9)11-7-2-1-5-13-6-7/h7,11H,1-6H2,(H2,10,12). The van der Waals surface area contributed by atoms with Crippen LogP contribution in [0.25, 0.3) is 0 Å². The van der Waals surface area contributed by atoms with Crippen molar-refractivity contribution >= 4 is 17.7 Å². The number of rotatable bonds is 3. The summed E-state index contributed by atoms with van der Waals surface area (Å²) in [4.78, 5) is 11.1.